The predicted octanol–water partition coefficient (Wildman–Crippen LogP) is 3.38. The molecule has 29 heavy (non-hydrogen) atoms. The van der Waals surface area contributed by atoms with Gasteiger partial charge in [0.2, 0.25) is 5.91 Å². The van der Waals surface area contributed by atoms with Gasteiger partial charge in [-0.1, -0.05) is 24.3 Å². The summed E-state index contributed by atoms with van der Waals surface area (Å²) in [5.41, 5.74) is -0.635. The molecule has 7 heteroatoms. The minimum absolute atomic E-state index is 0.139. The van der Waals surface area contributed by atoms with E-state index in [1.54, 1.807) is 6.08 Å². The number of carbonyl (C=O) groups excluding carboxylic acids is 2. The normalized spacial score (nSPS) is 21.8. The van der Waals surface area contributed by atoms with E-state index >= 15 is 0 Å². The smallest absolute Gasteiger partial charge is 0.311 e. The van der Waals surface area contributed by atoms with Crippen molar-refractivity contribution < 1.29 is 19.2 Å². The fraction of sp³-hybridized carbons (Fsp3) is 0.455. The zero-order valence-electron chi connectivity index (χ0n) is 16.6. The lowest BCUT2D eigenvalue weighted by molar-refractivity contribution is -0.218. The van der Waals surface area contributed by atoms with Crippen molar-refractivity contribution in [2.45, 2.75) is 31.3 Å². The first-order chi connectivity index (χ1) is 14.1. The average molecular weight is 415 g/mol. The highest BCUT2D eigenvalue weighted by Crippen LogP contribution is 2.44. The molecule has 2 aromatic rings. The van der Waals surface area contributed by atoms with E-state index in [0.717, 1.165) is 19.6 Å². The topological polar surface area (TPSA) is 59.1 Å². The molecule has 0 N–H and O–H groups in total. The van der Waals surface area contributed by atoms with Crippen LogP contribution in [0.5, 0.6) is 0 Å². The third-order valence-electron chi connectivity index (χ3n) is 6.04. The molecule has 2 aliphatic rings. The second-order valence-electron chi connectivity index (χ2n) is 7.68. The highest BCUT2D eigenvalue weighted by molar-refractivity contribution is 7.19. The number of piperidine rings is 1. The van der Waals surface area contributed by atoms with Gasteiger partial charge in [-0.3, -0.25) is 19.3 Å². The fourth-order valence-electron chi connectivity index (χ4n) is 4.60. The number of benzene rings is 1. The molecule has 4 rings (SSSR count). The summed E-state index contributed by atoms with van der Waals surface area (Å²) in [6.45, 7) is 6.37. The Balaban J connectivity index is 1.49. The summed E-state index contributed by atoms with van der Waals surface area (Å²) in [6.07, 6.45) is 3.12. The Hall–Kier alpha value is -2.22. The molecule has 0 saturated carbocycles. The number of amides is 1. The number of fused-ring (bicyclic) bond motifs is 1. The van der Waals surface area contributed by atoms with Gasteiger partial charge in [-0.15, -0.1) is 17.9 Å². The van der Waals surface area contributed by atoms with Crippen molar-refractivity contribution >= 4 is 33.3 Å². The van der Waals surface area contributed by atoms with E-state index < -0.39 is 11.5 Å². The monoisotopic (exact) mass is 414 g/mol. The molecule has 6 nitrogen and oxygen atoms in total. The summed E-state index contributed by atoms with van der Waals surface area (Å²) in [5, 5.41) is 2.73. The van der Waals surface area contributed by atoms with Crippen molar-refractivity contribution in [1.82, 2.24) is 9.96 Å². The number of hydroxylamine groups is 2. The molecule has 1 aromatic carbocycles. The van der Waals surface area contributed by atoms with Crippen molar-refractivity contribution in [3.05, 3.63) is 47.9 Å². The summed E-state index contributed by atoms with van der Waals surface area (Å²) < 4.78 is 6.31. The van der Waals surface area contributed by atoms with Crippen molar-refractivity contribution in [3.8, 4) is 0 Å². The van der Waals surface area contributed by atoms with Crippen LogP contribution in [0.1, 0.15) is 24.1 Å². The quantitative estimate of drug-likeness (QED) is 0.536. The number of rotatable bonds is 6. The number of carbonyl (C=O) groups is 2. The summed E-state index contributed by atoms with van der Waals surface area (Å²) in [7, 11) is 1.38. The molecule has 1 spiro atoms. The molecule has 2 aliphatic heterocycles. The maximum atomic E-state index is 12.6. The fourth-order valence-corrected chi connectivity index (χ4v) is 5.70. The maximum Gasteiger partial charge on any atom is 0.311 e. The molecule has 0 bridgehead atoms. The largest absolute Gasteiger partial charge is 0.469 e. The van der Waals surface area contributed by atoms with Crippen molar-refractivity contribution in [3.63, 3.8) is 0 Å². The summed E-state index contributed by atoms with van der Waals surface area (Å²) in [5.74, 6) is -0.975. The first kappa shape index (κ1) is 20.1. The van der Waals surface area contributed by atoms with Crippen LogP contribution in [-0.2, 0) is 25.7 Å². The first-order valence-corrected chi connectivity index (χ1v) is 10.7. The van der Waals surface area contributed by atoms with E-state index in [9.17, 15) is 9.59 Å². The zero-order chi connectivity index (χ0) is 20.4. The standard InChI is InChI=1S/C22H26N2O4S/c1-3-12-28-24-20(25)14-18(21(26)27-2)22(24)8-10-23(11-9-22)15-17-13-16-6-4-5-7-19(16)29-17/h3-7,13,18H,1,8-12,14-15H2,2H3/t18-/m0/s1. The highest BCUT2D eigenvalue weighted by Gasteiger charge is 2.58. The lowest BCUT2D eigenvalue weighted by Crippen LogP contribution is -2.57. The molecule has 0 aliphatic carbocycles. The van der Waals surface area contributed by atoms with Gasteiger partial charge in [-0.2, -0.15) is 0 Å². The Bertz CT molecular complexity index is 883. The summed E-state index contributed by atoms with van der Waals surface area (Å²) in [6, 6.07) is 10.7. The van der Waals surface area contributed by atoms with Crippen LogP contribution in [0.15, 0.2) is 43.0 Å². The van der Waals surface area contributed by atoms with Gasteiger partial charge in [0.25, 0.3) is 0 Å². The Morgan fingerprint density at radius 3 is 2.79 bits per heavy atom. The number of hydrogen-bond acceptors (Lipinski definition) is 6. The van der Waals surface area contributed by atoms with Crippen molar-refractivity contribution in [2.24, 2.45) is 5.92 Å². The predicted molar refractivity (Wildman–Crippen MR) is 112 cm³/mol. The Labute approximate surface area is 174 Å². The Morgan fingerprint density at radius 1 is 1.34 bits per heavy atom. The minimum Gasteiger partial charge on any atom is -0.469 e. The Kier molecular flexibility index (Phi) is 5.72. The molecular formula is C22H26N2O4S. The van der Waals surface area contributed by atoms with Crippen LogP contribution < -0.4 is 0 Å². The third-order valence-corrected chi connectivity index (χ3v) is 7.14. The van der Waals surface area contributed by atoms with E-state index in [0.29, 0.717) is 12.8 Å². The van der Waals surface area contributed by atoms with Crippen LogP contribution in [0, 0.1) is 5.92 Å². The van der Waals surface area contributed by atoms with Gasteiger partial charge in [0.1, 0.15) is 0 Å². The van der Waals surface area contributed by atoms with Crippen LogP contribution in [-0.4, -0.2) is 54.2 Å². The van der Waals surface area contributed by atoms with Crippen LogP contribution in [0.3, 0.4) is 0 Å². The van der Waals surface area contributed by atoms with Gasteiger partial charge in [0.15, 0.2) is 0 Å². The summed E-state index contributed by atoms with van der Waals surface area (Å²) in [4.78, 5) is 34.5. The van der Waals surface area contributed by atoms with Gasteiger partial charge in [0.05, 0.1) is 25.2 Å². The van der Waals surface area contributed by atoms with Gasteiger partial charge >= 0.3 is 5.97 Å². The van der Waals surface area contributed by atoms with Crippen LogP contribution in [0.25, 0.3) is 10.1 Å². The molecule has 1 aromatic heterocycles. The SMILES string of the molecule is C=CCON1C(=O)C[C@@H](C(=O)OC)C12CCN(Cc1cc3ccccc3s1)CC2. The Morgan fingerprint density at radius 2 is 2.10 bits per heavy atom. The third kappa shape index (κ3) is 3.70. The van der Waals surface area contributed by atoms with Crippen molar-refractivity contribution in [1.29, 1.82) is 0 Å². The lowest BCUT2D eigenvalue weighted by Gasteiger charge is -2.45. The van der Waals surface area contributed by atoms with Gasteiger partial charge < -0.3 is 4.74 Å². The van der Waals surface area contributed by atoms with E-state index in [1.807, 2.05) is 11.3 Å². The van der Waals surface area contributed by atoms with Crippen LogP contribution in [0.2, 0.25) is 0 Å². The molecule has 3 heterocycles. The average Bonchev–Trinajstić information content (AvgIpc) is 3.26. The highest BCUT2D eigenvalue weighted by atomic mass is 32.1. The number of ether oxygens (including phenoxy) is 1. The molecule has 2 saturated heterocycles. The second-order valence-corrected chi connectivity index (χ2v) is 8.85. The number of esters is 1. The van der Waals surface area contributed by atoms with E-state index in [4.69, 9.17) is 9.57 Å². The van der Waals surface area contributed by atoms with E-state index in [-0.39, 0.29) is 24.9 Å². The molecule has 1 amide bonds. The zero-order valence-corrected chi connectivity index (χ0v) is 17.5. The number of methoxy groups -OCH3 is 1. The number of likely N-dealkylation sites (tertiary alicyclic amines) is 1. The van der Waals surface area contributed by atoms with E-state index in [1.165, 1.54) is 27.1 Å². The lowest BCUT2D eigenvalue weighted by atomic mass is 9.77. The first-order valence-electron chi connectivity index (χ1n) is 9.92. The second kappa shape index (κ2) is 8.26. The van der Waals surface area contributed by atoms with Gasteiger partial charge in [0, 0.05) is 35.6 Å². The molecular weight excluding hydrogens is 388 g/mol. The van der Waals surface area contributed by atoms with Gasteiger partial charge in [-0.05, 0) is 30.4 Å². The van der Waals surface area contributed by atoms with Gasteiger partial charge in [-0.25, -0.2) is 5.06 Å². The maximum absolute atomic E-state index is 12.6. The van der Waals surface area contributed by atoms with Crippen LogP contribution in [0.4, 0.5) is 0 Å². The van der Waals surface area contributed by atoms with E-state index in [2.05, 4.69) is 41.8 Å². The number of thiophene rings is 1. The molecule has 154 valence electrons. The molecule has 0 radical (unpaired) electrons. The molecule has 1 atom stereocenters. The minimum atomic E-state index is -0.635. The van der Waals surface area contributed by atoms with Crippen LogP contribution >= 0.6 is 11.3 Å². The number of hydrogen-bond donors (Lipinski definition) is 0. The van der Waals surface area contributed by atoms with Crippen molar-refractivity contribution in [2.75, 3.05) is 26.8 Å². The number of nitrogens with zero attached hydrogens (tertiary/aromatic N) is 2. The molecule has 2 fully saturated rings. The molecule has 0 unspecified atom stereocenters. The summed E-state index contributed by atoms with van der Waals surface area (Å²) >= 11 is 1.82.